The average Bonchev–Trinajstić information content (AvgIpc) is 3.03. The number of sulfone groups is 1. The third-order valence-electron chi connectivity index (χ3n) is 4.38. The van der Waals surface area contributed by atoms with Crippen LogP contribution in [0, 0.1) is 0 Å². The Kier molecular flexibility index (Phi) is 5.34. The summed E-state index contributed by atoms with van der Waals surface area (Å²) in [6, 6.07) is 7.52. The van der Waals surface area contributed by atoms with Gasteiger partial charge in [-0.05, 0) is 38.6 Å². The van der Waals surface area contributed by atoms with Crippen molar-refractivity contribution >= 4 is 21.2 Å². The number of aromatic nitrogens is 1. The van der Waals surface area contributed by atoms with Crippen LogP contribution in [-0.2, 0) is 16.4 Å². The highest BCUT2D eigenvalue weighted by Gasteiger charge is 2.19. The predicted octanol–water partition coefficient (Wildman–Crippen LogP) is 2.40. The van der Waals surface area contributed by atoms with Crippen molar-refractivity contribution in [3.05, 3.63) is 35.3 Å². The molecular formula is C17H23N3O2S2. The molecule has 7 heteroatoms. The van der Waals surface area contributed by atoms with E-state index < -0.39 is 9.84 Å². The zero-order chi connectivity index (χ0) is 17.2. The third kappa shape index (κ3) is 4.22. The van der Waals surface area contributed by atoms with Crippen molar-refractivity contribution < 1.29 is 8.42 Å². The molecule has 1 aliphatic heterocycles. The van der Waals surface area contributed by atoms with E-state index in [1.807, 2.05) is 19.2 Å². The van der Waals surface area contributed by atoms with Gasteiger partial charge in [-0.15, -0.1) is 11.3 Å². The standard InChI is InChI=1S/C17H23N3O2S2/c1-18-14-4-3-9-20(10-14)11-15-12-23-17(19-15)13-5-7-16(8-6-13)24(2,21)22/h5-8,12,14,18H,3-4,9-11H2,1-2H3. The second kappa shape index (κ2) is 7.31. The molecule has 5 nitrogen and oxygen atoms in total. The lowest BCUT2D eigenvalue weighted by molar-refractivity contribution is 0.186. The number of rotatable bonds is 5. The van der Waals surface area contributed by atoms with E-state index in [-0.39, 0.29) is 0 Å². The molecule has 1 unspecified atom stereocenters. The van der Waals surface area contributed by atoms with Gasteiger partial charge in [0.2, 0.25) is 0 Å². The second-order valence-electron chi connectivity index (χ2n) is 6.30. The Morgan fingerprint density at radius 1 is 1.33 bits per heavy atom. The summed E-state index contributed by atoms with van der Waals surface area (Å²) >= 11 is 1.61. The maximum absolute atomic E-state index is 11.5. The Morgan fingerprint density at radius 2 is 2.08 bits per heavy atom. The molecular weight excluding hydrogens is 342 g/mol. The Balaban J connectivity index is 1.69. The van der Waals surface area contributed by atoms with E-state index in [9.17, 15) is 8.42 Å². The van der Waals surface area contributed by atoms with E-state index in [0.29, 0.717) is 10.9 Å². The molecule has 0 radical (unpaired) electrons. The van der Waals surface area contributed by atoms with Crippen LogP contribution in [0.15, 0.2) is 34.5 Å². The molecule has 0 bridgehead atoms. The normalized spacial score (nSPS) is 19.5. The van der Waals surface area contributed by atoms with Crippen molar-refractivity contribution in [1.29, 1.82) is 0 Å². The van der Waals surface area contributed by atoms with Crippen LogP contribution in [0.25, 0.3) is 10.6 Å². The third-order valence-corrected chi connectivity index (χ3v) is 6.45. The number of hydrogen-bond donors (Lipinski definition) is 1. The summed E-state index contributed by atoms with van der Waals surface area (Å²) in [5, 5.41) is 6.40. The van der Waals surface area contributed by atoms with Crippen LogP contribution in [0.3, 0.4) is 0 Å². The van der Waals surface area contributed by atoms with Crippen LogP contribution in [-0.4, -0.2) is 50.7 Å². The first-order valence-corrected chi connectivity index (χ1v) is 10.9. The zero-order valence-corrected chi connectivity index (χ0v) is 15.7. The molecule has 1 aliphatic rings. The van der Waals surface area contributed by atoms with Gasteiger partial charge in [-0.3, -0.25) is 4.90 Å². The quantitative estimate of drug-likeness (QED) is 0.882. The molecule has 24 heavy (non-hydrogen) atoms. The Hall–Kier alpha value is -1.28. The van der Waals surface area contributed by atoms with E-state index in [4.69, 9.17) is 4.98 Å². The van der Waals surface area contributed by atoms with Gasteiger partial charge in [-0.25, -0.2) is 13.4 Å². The van der Waals surface area contributed by atoms with Gasteiger partial charge in [-0.2, -0.15) is 0 Å². The fourth-order valence-corrected chi connectivity index (χ4v) is 4.47. The predicted molar refractivity (Wildman–Crippen MR) is 98.0 cm³/mol. The first-order chi connectivity index (χ1) is 11.5. The van der Waals surface area contributed by atoms with E-state index in [1.165, 1.54) is 19.1 Å². The molecule has 0 aliphatic carbocycles. The van der Waals surface area contributed by atoms with Crippen molar-refractivity contribution in [2.45, 2.75) is 30.3 Å². The minimum Gasteiger partial charge on any atom is -0.316 e. The number of likely N-dealkylation sites (N-methyl/N-ethyl adjacent to an activating group) is 1. The average molecular weight is 366 g/mol. The van der Waals surface area contributed by atoms with Crippen molar-refractivity contribution in [2.75, 3.05) is 26.4 Å². The summed E-state index contributed by atoms with van der Waals surface area (Å²) in [5.41, 5.74) is 2.05. The molecule has 1 atom stereocenters. The van der Waals surface area contributed by atoms with Gasteiger partial charge in [0.15, 0.2) is 9.84 Å². The summed E-state index contributed by atoms with van der Waals surface area (Å²) < 4.78 is 23.1. The van der Waals surface area contributed by atoms with Crippen LogP contribution >= 0.6 is 11.3 Å². The van der Waals surface area contributed by atoms with Gasteiger partial charge in [0.25, 0.3) is 0 Å². The van der Waals surface area contributed by atoms with Crippen molar-refractivity contribution in [1.82, 2.24) is 15.2 Å². The molecule has 2 heterocycles. The first-order valence-electron chi connectivity index (χ1n) is 8.10. The largest absolute Gasteiger partial charge is 0.316 e. The molecule has 0 spiro atoms. The van der Waals surface area contributed by atoms with Crippen LogP contribution in [0.2, 0.25) is 0 Å². The van der Waals surface area contributed by atoms with Crippen LogP contribution in [0.5, 0.6) is 0 Å². The first kappa shape index (κ1) is 17.5. The lowest BCUT2D eigenvalue weighted by atomic mass is 10.1. The van der Waals surface area contributed by atoms with Gasteiger partial charge in [0.05, 0.1) is 10.6 Å². The Morgan fingerprint density at radius 3 is 2.75 bits per heavy atom. The van der Waals surface area contributed by atoms with Crippen molar-refractivity contribution in [2.24, 2.45) is 0 Å². The SMILES string of the molecule is CNC1CCCN(Cc2csc(-c3ccc(S(C)(=O)=O)cc3)n2)C1. The van der Waals surface area contributed by atoms with Gasteiger partial charge < -0.3 is 5.32 Å². The maximum atomic E-state index is 11.5. The zero-order valence-electron chi connectivity index (χ0n) is 14.0. The van der Waals surface area contributed by atoms with Gasteiger partial charge >= 0.3 is 0 Å². The number of piperidine rings is 1. The summed E-state index contributed by atoms with van der Waals surface area (Å²) in [6.45, 7) is 3.05. The summed E-state index contributed by atoms with van der Waals surface area (Å²) in [4.78, 5) is 7.51. The fraction of sp³-hybridized carbons (Fsp3) is 0.471. The number of hydrogen-bond acceptors (Lipinski definition) is 6. The highest BCUT2D eigenvalue weighted by Crippen LogP contribution is 2.26. The number of thiazole rings is 1. The molecule has 1 saturated heterocycles. The minimum atomic E-state index is -3.15. The molecule has 1 fully saturated rings. The smallest absolute Gasteiger partial charge is 0.175 e. The molecule has 2 aromatic rings. The highest BCUT2D eigenvalue weighted by molar-refractivity contribution is 7.90. The number of likely N-dealkylation sites (tertiary alicyclic amines) is 1. The summed E-state index contributed by atoms with van der Waals surface area (Å²) in [7, 11) is -1.13. The van der Waals surface area contributed by atoms with Gasteiger partial charge in [-0.1, -0.05) is 12.1 Å². The molecule has 0 amide bonds. The molecule has 1 aromatic carbocycles. The number of benzene rings is 1. The number of nitrogens with one attached hydrogen (secondary N) is 1. The van der Waals surface area contributed by atoms with E-state index >= 15 is 0 Å². The number of nitrogens with zero attached hydrogens (tertiary/aromatic N) is 2. The van der Waals surface area contributed by atoms with Crippen LogP contribution in [0.4, 0.5) is 0 Å². The lowest BCUT2D eigenvalue weighted by Gasteiger charge is -2.31. The molecule has 0 saturated carbocycles. The van der Waals surface area contributed by atoms with E-state index in [1.54, 1.807) is 23.5 Å². The van der Waals surface area contributed by atoms with Gasteiger partial charge in [0.1, 0.15) is 5.01 Å². The van der Waals surface area contributed by atoms with Crippen molar-refractivity contribution in [3.8, 4) is 10.6 Å². The van der Waals surface area contributed by atoms with E-state index in [2.05, 4.69) is 15.6 Å². The molecule has 3 rings (SSSR count). The lowest BCUT2D eigenvalue weighted by Crippen LogP contribution is -2.43. The van der Waals surface area contributed by atoms with Crippen LogP contribution in [0.1, 0.15) is 18.5 Å². The van der Waals surface area contributed by atoms with Gasteiger partial charge in [0, 0.05) is 36.3 Å². The summed E-state index contributed by atoms with van der Waals surface area (Å²) in [5.74, 6) is 0. The monoisotopic (exact) mass is 365 g/mol. The minimum absolute atomic E-state index is 0.342. The Labute approximate surface area is 147 Å². The molecule has 1 N–H and O–H groups in total. The highest BCUT2D eigenvalue weighted by atomic mass is 32.2. The van der Waals surface area contributed by atoms with E-state index in [0.717, 1.165) is 35.9 Å². The van der Waals surface area contributed by atoms with Crippen molar-refractivity contribution in [3.63, 3.8) is 0 Å². The fourth-order valence-electron chi connectivity index (χ4n) is 3.02. The topological polar surface area (TPSA) is 62.3 Å². The molecule has 130 valence electrons. The molecule has 1 aromatic heterocycles. The van der Waals surface area contributed by atoms with Crippen LogP contribution < -0.4 is 5.32 Å². The summed E-state index contributed by atoms with van der Waals surface area (Å²) in [6.07, 6.45) is 3.68. The second-order valence-corrected chi connectivity index (χ2v) is 9.18. The maximum Gasteiger partial charge on any atom is 0.175 e. The Bertz CT molecular complexity index is 784.